The van der Waals surface area contributed by atoms with Gasteiger partial charge in [-0.15, -0.1) is 11.8 Å². The van der Waals surface area contributed by atoms with Gasteiger partial charge in [-0.3, -0.25) is 0 Å². The molecule has 18 heavy (non-hydrogen) atoms. The first-order chi connectivity index (χ1) is 8.56. The van der Waals surface area contributed by atoms with Crippen LogP contribution in [0.3, 0.4) is 0 Å². The Bertz CT molecular complexity index is 575. The number of benzene rings is 2. The van der Waals surface area contributed by atoms with Gasteiger partial charge in [0.2, 0.25) is 0 Å². The molecule has 2 aromatic rings. The van der Waals surface area contributed by atoms with E-state index in [1.54, 1.807) is 12.1 Å². The van der Waals surface area contributed by atoms with E-state index in [2.05, 4.69) is 0 Å². The van der Waals surface area contributed by atoms with Crippen LogP contribution in [0.1, 0.15) is 5.56 Å². The van der Waals surface area contributed by atoms with Crippen molar-refractivity contribution in [2.75, 3.05) is 5.73 Å². The number of rotatable bonds is 3. The molecule has 0 aliphatic carbocycles. The number of nitrogen functional groups attached to an aromatic ring is 1. The van der Waals surface area contributed by atoms with Gasteiger partial charge in [-0.2, -0.15) is 0 Å². The van der Waals surface area contributed by atoms with Crippen LogP contribution in [0.2, 0.25) is 0 Å². The number of halogens is 2. The molecule has 0 atom stereocenters. The molecule has 0 heterocycles. The highest BCUT2D eigenvalue weighted by atomic mass is 32.2. The third-order valence-electron chi connectivity index (χ3n) is 2.38. The molecule has 2 nitrogen and oxygen atoms in total. The van der Waals surface area contributed by atoms with E-state index in [1.807, 2.05) is 0 Å². The second-order valence-corrected chi connectivity index (χ2v) is 4.77. The Hall–Kier alpha value is -1.75. The number of phenolic OH excluding ortho intramolecular Hbond substituents is 1. The molecule has 0 unspecified atom stereocenters. The minimum absolute atomic E-state index is 0.0247. The summed E-state index contributed by atoms with van der Waals surface area (Å²) in [6, 6.07) is 8.30. The summed E-state index contributed by atoms with van der Waals surface area (Å²) in [4.78, 5) is 0.378. The number of anilines is 1. The quantitative estimate of drug-likeness (QED) is 0.508. The van der Waals surface area contributed by atoms with Gasteiger partial charge in [-0.25, -0.2) is 8.78 Å². The van der Waals surface area contributed by atoms with E-state index < -0.39 is 11.6 Å². The fraction of sp³-hybridized carbons (Fsp3) is 0.0769. The number of phenols is 1. The topological polar surface area (TPSA) is 46.2 Å². The van der Waals surface area contributed by atoms with Gasteiger partial charge in [0.25, 0.3) is 0 Å². The highest BCUT2D eigenvalue weighted by Gasteiger charge is 2.05. The van der Waals surface area contributed by atoms with Gasteiger partial charge in [-0.1, -0.05) is 6.07 Å². The summed E-state index contributed by atoms with van der Waals surface area (Å²) in [6.07, 6.45) is 0. The summed E-state index contributed by atoms with van der Waals surface area (Å²) in [5, 5.41) is 9.27. The van der Waals surface area contributed by atoms with E-state index in [-0.39, 0.29) is 11.4 Å². The van der Waals surface area contributed by atoms with E-state index in [4.69, 9.17) is 5.73 Å². The largest absolute Gasteiger partial charge is 0.506 e. The number of nitrogens with two attached hydrogens (primary N) is 1. The molecular weight excluding hydrogens is 256 g/mol. The van der Waals surface area contributed by atoms with Gasteiger partial charge < -0.3 is 10.8 Å². The second kappa shape index (κ2) is 5.27. The summed E-state index contributed by atoms with van der Waals surface area (Å²) < 4.78 is 26.1. The van der Waals surface area contributed by atoms with Gasteiger partial charge >= 0.3 is 0 Å². The smallest absolute Gasteiger partial charge is 0.139 e. The second-order valence-electron chi connectivity index (χ2n) is 3.76. The number of aromatic hydroxyl groups is 1. The fourth-order valence-electron chi connectivity index (χ4n) is 1.45. The molecule has 0 spiro atoms. The average molecular weight is 267 g/mol. The van der Waals surface area contributed by atoms with Crippen LogP contribution < -0.4 is 5.73 Å². The maximum absolute atomic E-state index is 13.4. The molecule has 0 aliphatic heterocycles. The van der Waals surface area contributed by atoms with Gasteiger partial charge in [0.1, 0.15) is 17.4 Å². The van der Waals surface area contributed by atoms with Crippen LogP contribution in [0.25, 0.3) is 0 Å². The Morgan fingerprint density at radius 2 is 1.89 bits per heavy atom. The predicted octanol–water partition coefficient (Wildman–Crippen LogP) is 3.54. The van der Waals surface area contributed by atoms with Crippen LogP contribution in [-0.2, 0) is 5.75 Å². The van der Waals surface area contributed by atoms with Crippen molar-refractivity contribution >= 4 is 17.4 Å². The lowest BCUT2D eigenvalue weighted by atomic mass is 10.2. The Balaban J connectivity index is 2.09. The molecule has 94 valence electrons. The van der Waals surface area contributed by atoms with Crippen LogP contribution >= 0.6 is 11.8 Å². The molecule has 0 aromatic heterocycles. The predicted molar refractivity (Wildman–Crippen MR) is 68.4 cm³/mol. The van der Waals surface area contributed by atoms with Crippen molar-refractivity contribution in [2.45, 2.75) is 10.6 Å². The molecule has 0 bridgehead atoms. The minimum atomic E-state index is -0.592. The van der Waals surface area contributed by atoms with Crippen molar-refractivity contribution < 1.29 is 13.9 Å². The van der Waals surface area contributed by atoms with Crippen molar-refractivity contribution in [1.82, 2.24) is 0 Å². The maximum atomic E-state index is 13.4. The van der Waals surface area contributed by atoms with Crippen molar-refractivity contribution in [3.05, 3.63) is 53.6 Å². The Morgan fingerprint density at radius 1 is 1.11 bits per heavy atom. The van der Waals surface area contributed by atoms with Crippen molar-refractivity contribution in [1.29, 1.82) is 0 Å². The van der Waals surface area contributed by atoms with Crippen LogP contribution in [-0.4, -0.2) is 5.11 Å². The maximum Gasteiger partial charge on any atom is 0.139 e. The summed E-state index contributed by atoms with van der Waals surface area (Å²) in [7, 11) is 0. The molecule has 0 amide bonds. The summed E-state index contributed by atoms with van der Waals surface area (Å²) >= 11 is 1.24. The molecule has 2 rings (SSSR count). The van der Waals surface area contributed by atoms with Crippen molar-refractivity contribution in [2.24, 2.45) is 0 Å². The zero-order chi connectivity index (χ0) is 13.1. The summed E-state index contributed by atoms with van der Waals surface area (Å²) in [5.74, 6) is -0.651. The van der Waals surface area contributed by atoms with E-state index in [0.717, 1.165) is 11.6 Å². The zero-order valence-corrected chi connectivity index (χ0v) is 10.2. The molecule has 0 radical (unpaired) electrons. The molecule has 0 saturated carbocycles. The average Bonchev–Trinajstić information content (AvgIpc) is 2.32. The zero-order valence-electron chi connectivity index (χ0n) is 9.36. The Labute approximate surface area is 107 Å². The first kappa shape index (κ1) is 12.7. The molecule has 0 saturated heterocycles. The van der Waals surface area contributed by atoms with Gasteiger partial charge in [-0.05, 0) is 29.8 Å². The number of thioether (sulfide) groups is 1. The first-order valence-corrected chi connectivity index (χ1v) is 6.20. The number of hydrogen-bond acceptors (Lipinski definition) is 3. The monoisotopic (exact) mass is 267 g/mol. The normalized spacial score (nSPS) is 10.6. The SMILES string of the molecule is Nc1cc(CSc2ccc(F)cc2F)ccc1O. The third kappa shape index (κ3) is 2.92. The van der Waals surface area contributed by atoms with Crippen LogP contribution in [0.4, 0.5) is 14.5 Å². The lowest BCUT2D eigenvalue weighted by Gasteiger charge is -2.05. The molecular formula is C13H11F2NOS. The Kier molecular flexibility index (Phi) is 3.72. The molecule has 0 fully saturated rings. The van der Waals surface area contributed by atoms with E-state index in [9.17, 15) is 13.9 Å². The highest BCUT2D eigenvalue weighted by Crippen LogP contribution is 2.28. The summed E-state index contributed by atoms with van der Waals surface area (Å²) in [6.45, 7) is 0. The molecule has 5 heteroatoms. The highest BCUT2D eigenvalue weighted by molar-refractivity contribution is 7.98. The fourth-order valence-corrected chi connectivity index (χ4v) is 2.31. The van der Waals surface area contributed by atoms with Crippen LogP contribution in [0.15, 0.2) is 41.3 Å². The molecule has 0 aliphatic rings. The molecule has 3 N–H and O–H groups in total. The minimum Gasteiger partial charge on any atom is -0.506 e. The van der Waals surface area contributed by atoms with Crippen molar-refractivity contribution in [3.63, 3.8) is 0 Å². The molecule has 2 aromatic carbocycles. The van der Waals surface area contributed by atoms with Crippen LogP contribution in [0, 0.1) is 11.6 Å². The van der Waals surface area contributed by atoms with E-state index in [1.165, 1.54) is 30.0 Å². The van der Waals surface area contributed by atoms with Gasteiger partial charge in [0.15, 0.2) is 0 Å². The van der Waals surface area contributed by atoms with E-state index >= 15 is 0 Å². The first-order valence-electron chi connectivity index (χ1n) is 5.21. The standard InChI is InChI=1S/C13H11F2NOS/c14-9-2-4-13(10(15)6-9)18-7-8-1-3-12(17)11(16)5-8/h1-6,17H,7,16H2. The Morgan fingerprint density at radius 3 is 2.56 bits per heavy atom. The van der Waals surface area contributed by atoms with E-state index in [0.29, 0.717) is 10.6 Å². The third-order valence-corrected chi connectivity index (χ3v) is 3.50. The number of hydrogen-bond donors (Lipinski definition) is 2. The lowest BCUT2D eigenvalue weighted by molar-refractivity contribution is 0.478. The van der Waals surface area contributed by atoms with Gasteiger partial charge in [0, 0.05) is 16.7 Å². The summed E-state index contributed by atoms with van der Waals surface area (Å²) in [5.41, 5.74) is 6.70. The van der Waals surface area contributed by atoms with Crippen LogP contribution in [0.5, 0.6) is 5.75 Å². The lowest BCUT2D eigenvalue weighted by Crippen LogP contribution is -1.89. The van der Waals surface area contributed by atoms with Gasteiger partial charge in [0.05, 0.1) is 5.69 Å². The van der Waals surface area contributed by atoms with Crippen molar-refractivity contribution in [3.8, 4) is 5.75 Å².